The smallest absolute Gasteiger partial charge is 0.0468 e. The van der Waals surface area contributed by atoms with Crippen molar-refractivity contribution in [1.82, 2.24) is 0 Å². The van der Waals surface area contributed by atoms with Crippen molar-refractivity contribution in [2.75, 3.05) is 4.90 Å². The van der Waals surface area contributed by atoms with Gasteiger partial charge >= 0.3 is 0 Å². The Hall–Kier alpha value is -5.40. The van der Waals surface area contributed by atoms with E-state index in [9.17, 15) is 0 Å². The molecular formula is C40H27N. The van der Waals surface area contributed by atoms with Crippen LogP contribution in [-0.4, -0.2) is 0 Å². The summed E-state index contributed by atoms with van der Waals surface area (Å²) in [6.45, 7) is 0. The van der Waals surface area contributed by atoms with Gasteiger partial charge in [-0.05, 0) is 90.6 Å². The third-order valence-electron chi connectivity index (χ3n) is 8.21. The maximum absolute atomic E-state index is 2.38. The second kappa shape index (κ2) is 9.66. The molecule has 0 spiro atoms. The van der Waals surface area contributed by atoms with Gasteiger partial charge in [0, 0.05) is 17.1 Å². The molecule has 1 heteroatoms. The summed E-state index contributed by atoms with van der Waals surface area (Å²) in [5.74, 6) is 0. The Labute approximate surface area is 239 Å². The van der Waals surface area contributed by atoms with Crippen LogP contribution in [0.25, 0.3) is 54.2 Å². The lowest BCUT2D eigenvalue weighted by atomic mass is 9.94. The highest BCUT2D eigenvalue weighted by Crippen LogP contribution is 2.41. The van der Waals surface area contributed by atoms with Gasteiger partial charge in [-0.3, -0.25) is 0 Å². The zero-order chi connectivity index (χ0) is 27.2. The third kappa shape index (κ3) is 4.02. The van der Waals surface area contributed by atoms with E-state index in [2.05, 4.69) is 169 Å². The van der Waals surface area contributed by atoms with E-state index in [1.807, 2.05) is 0 Å². The Morgan fingerprint density at radius 2 is 0.732 bits per heavy atom. The first-order chi connectivity index (χ1) is 20.3. The highest BCUT2D eigenvalue weighted by atomic mass is 15.1. The van der Waals surface area contributed by atoms with Crippen LogP contribution in [0.5, 0.6) is 0 Å². The lowest BCUT2D eigenvalue weighted by Crippen LogP contribution is -2.10. The van der Waals surface area contributed by atoms with Gasteiger partial charge in [-0.25, -0.2) is 0 Å². The fraction of sp³-hybridized carbons (Fsp3) is 0. The molecule has 8 aromatic carbocycles. The second-order valence-corrected chi connectivity index (χ2v) is 10.6. The molecule has 8 rings (SSSR count). The summed E-state index contributed by atoms with van der Waals surface area (Å²) in [6.07, 6.45) is 0. The van der Waals surface area contributed by atoms with E-state index in [4.69, 9.17) is 0 Å². The summed E-state index contributed by atoms with van der Waals surface area (Å²) in [5.41, 5.74) is 5.84. The Kier molecular flexibility index (Phi) is 5.53. The Balaban J connectivity index is 1.36. The molecule has 41 heavy (non-hydrogen) atoms. The van der Waals surface area contributed by atoms with Crippen LogP contribution in [0, 0.1) is 0 Å². The zero-order valence-electron chi connectivity index (χ0n) is 22.5. The molecule has 0 N–H and O–H groups in total. The minimum Gasteiger partial charge on any atom is -0.310 e. The van der Waals surface area contributed by atoms with E-state index in [-0.39, 0.29) is 0 Å². The zero-order valence-corrected chi connectivity index (χ0v) is 22.5. The molecule has 1 nitrogen and oxygen atoms in total. The van der Waals surface area contributed by atoms with Crippen molar-refractivity contribution < 1.29 is 0 Å². The largest absolute Gasteiger partial charge is 0.310 e. The topological polar surface area (TPSA) is 3.24 Å². The van der Waals surface area contributed by atoms with Crippen molar-refractivity contribution in [1.29, 1.82) is 0 Å². The van der Waals surface area contributed by atoms with Crippen LogP contribution in [0.2, 0.25) is 0 Å². The first kappa shape index (κ1) is 23.5. The minimum atomic E-state index is 1.13. The summed E-state index contributed by atoms with van der Waals surface area (Å²) in [6, 6.07) is 59.3. The Morgan fingerprint density at radius 3 is 1.41 bits per heavy atom. The first-order valence-corrected chi connectivity index (χ1v) is 14.1. The number of hydrogen-bond donors (Lipinski definition) is 0. The number of benzene rings is 8. The van der Waals surface area contributed by atoms with Gasteiger partial charge in [-0.15, -0.1) is 0 Å². The van der Waals surface area contributed by atoms with Crippen LogP contribution in [0.1, 0.15) is 0 Å². The Morgan fingerprint density at radius 1 is 0.268 bits per heavy atom. The molecule has 0 saturated heterocycles. The quantitative estimate of drug-likeness (QED) is 0.208. The molecule has 0 atom stereocenters. The van der Waals surface area contributed by atoms with Crippen molar-refractivity contribution in [3.8, 4) is 11.1 Å². The van der Waals surface area contributed by atoms with Crippen molar-refractivity contribution in [3.63, 3.8) is 0 Å². The Bertz CT molecular complexity index is 2160. The molecule has 0 heterocycles. The highest BCUT2D eigenvalue weighted by molar-refractivity contribution is 6.25. The lowest BCUT2D eigenvalue weighted by molar-refractivity contribution is 1.29. The van der Waals surface area contributed by atoms with Crippen molar-refractivity contribution in [3.05, 3.63) is 164 Å². The molecule has 0 aliphatic rings. The molecule has 0 amide bonds. The number of hydrogen-bond acceptors (Lipinski definition) is 1. The molecule has 8 aromatic rings. The van der Waals surface area contributed by atoms with Crippen molar-refractivity contribution >= 4 is 60.2 Å². The minimum absolute atomic E-state index is 1.13. The molecule has 0 aliphatic heterocycles. The molecule has 0 aromatic heterocycles. The van der Waals surface area contributed by atoms with E-state index in [0.717, 1.165) is 17.1 Å². The standard InChI is InChI=1S/C40H27N/c1-2-10-28(11-3-1)30-18-21-32(22-19-30)41(33-23-20-29-12-4-5-13-31(29)26-33)34-24-25-39-37-16-7-6-14-35(37)36-15-8-9-17-38(36)40(39)27-34/h1-27H. The van der Waals surface area contributed by atoms with Crippen molar-refractivity contribution in [2.24, 2.45) is 0 Å². The van der Waals surface area contributed by atoms with Crippen LogP contribution in [-0.2, 0) is 0 Å². The maximum Gasteiger partial charge on any atom is 0.0468 e. The molecule has 192 valence electrons. The normalized spacial score (nSPS) is 11.4. The van der Waals surface area contributed by atoms with Crippen LogP contribution < -0.4 is 4.90 Å². The van der Waals surface area contributed by atoms with Gasteiger partial charge in [0.25, 0.3) is 0 Å². The van der Waals surface area contributed by atoms with E-state index in [1.165, 1.54) is 54.2 Å². The molecule has 0 radical (unpaired) electrons. The number of anilines is 3. The van der Waals surface area contributed by atoms with Gasteiger partial charge in [0.2, 0.25) is 0 Å². The van der Waals surface area contributed by atoms with E-state index in [1.54, 1.807) is 0 Å². The van der Waals surface area contributed by atoms with Crippen molar-refractivity contribution in [2.45, 2.75) is 0 Å². The van der Waals surface area contributed by atoms with Crippen LogP contribution in [0.3, 0.4) is 0 Å². The van der Waals surface area contributed by atoms with Crippen LogP contribution in [0.15, 0.2) is 164 Å². The highest BCUT2D eigenvalue weighted by Gasteiger charge is 2.16. The molecule has 0 unspecified atom stereocenters. The van der Waals surface area contributed by atoms with E-state index < -0.39 is 0 Å². The molecule has 0 aliphatic carbocycles. The molecule has 0 bridgehead atoms. The third-order valence-corrected chi connectivity index (χ3v) is 8.21. The van der Waals surface area contributed by atoms with Gasteiger partial charge < -0.3 is 4.90 Å². The molecule has 0 saturated carbocycles. The van der Waals surface area contributed by atoms with Gasteiger partial charge in [0.05, 0.1) is 0 Å². The van der Waals surface area contributed by atoms with E-state index in [0.29, 0.717) is 0 Å². The summed E-state index contributed by atoms with van der Waals surface area (Å²) < 4.78 is 0. The fourth-order valence-corrected chi connectivity index (χ4v) is 6.23. The number of rotatable bonds is 4. The van der Waals surface area contributed by atoms with E-state index >= 15 is 0 Å². The summed E-state index contributed by atoms with van der Waals surface area (Å²) in [4.78, 5) is 2.38. The first-order valence-electron chi connectivity index (χ1n) is 14.1. The SMILES string of the molecule is c1ccc(-c2ccc(N(c3ccc4ccccc4c3)c3ccc4c5ccccc5c5ccccc5c4c3)cc2)cc1. The van der Waals surface area contributed by atoms with Gasteiger partial charge in [0.1, 0.15) is 0 Å². The van der Waals surface area contributed by atoms with Gasteiger partial charge in [0.15, 0.2) is 0 Å². The molecular weight excluding hydrogens is 494 g/mol. The summed E-state index contributed by atoms with van der Waals surface area (Å²) in [5, 5.41) is 10.2. The van der Waals surface area contributed by atoms with Gasteiger partial charge in [-0.2, -0.15) is 0 Å². The monoisotopic (exact) mass is 521 g/mol. The van der Waals surface area contributed by atoms with Gasteiger partial charge in [-0.1, -0.05) is 127 Å². The van der Waals surface area contributed by atoms with Crippen LogP contribution >= 0.6 is 0 Å². The number of fused-ring (bicyclic) bond motifs is 7. The second-order valence-electron chi connectivity index (χ2n) is 10.6. The lowest BCUT2D eigenvalue weighted by Gasteiger charge is -2.27. The number of nitrogens with zero attached hydrogens (tertiary/aromatic N) is 1. The average Bonchev–Trinajstić information content (AvgIpc) is 3.06. The summed E-state index contributed by atoms with van der Waals surface area (Å²) in [7, 11) is 0. The predicted molar refractivity (Wildman–Crippen MR) is 177 cm³/mol. The fourth-order valence-electron chi connectivity index (χ4n) is 6.23. The maximum atomic E-state index is 2.38. The van der Waals surface area contributed by atoms with Crippen LogP contribution in [0.4, 0.5) is 17.1 Å². The summed E-state index contributed by atoms with van der Waals surface area (Å²) >= 11 is 0. The molecule has 0 fully saturated rings. The predicted octanol–water partition coefficient (Wildman–Crippen LogP) is 11.4. The average molecular weight is 522 g/mol.